The van der Waals surface area contributed by atoms with Crippen LogP contribution in [0.15, 0.2) is 17.4 Å². The van der Waals surface area contributed by atoms with Gasteiger partial charge in [-0.2, -0.15) is 0 Å². The van der Waals surface area contributed by atoms with Crippen LogP contribution in [0.25, 0.3) is 0 Å². The largest absolute Gasteiger partial charge is 0.349 e. The lowest BCUT2D eigenvalue weighted by Gasteiger charge is -1.98. The Morgan fingerprint density at radius 3 is 2.83 bits per heavy atom. The first-order valence-electron chi connectivity index (χ1n) is 3.90. The average Bonchev–Trinajstić information content (AvgIpc) is 2.59. The quantitative estimate of drug-likeness (QED) is 0.550. The zero-order valence-corrected chi connectivity index (χ0v) is 7.23. The molecule has 1 aliphatic heterocycles. The number of hydrogen-bond donors (Lipinski definition) is 1. The molecular weight excluding hydrogens is 152 g/mol. The minimum absolute atomic E-state index is 0.116. The van der Waals surface area contributed by atoms with Crippen LogP contribution in [-0.4, -0.2) is 29.0 Å². The molecule has 12 heavy (non-hydrogen) atoms. The van der Waals surface area contributed by atoms with Gasteiger partial charge in [-0.1, -0.05) is 0 Å². The molecule has 0 bridgehead atoms. The van der Waals surface area contributed by atoms with Gasteiger partial charge in [-0.15, -0.1) is 0 Å². The fourth-order valence-electron chi connectivity index (χ4n) is 1.35. The van der Waals surface area contributed by atoms with E-state index >= 15 is 0 Å². The molecule has 62 valence electrons. The molecule has 1 N–H and O–H groups in total. The first-order valence-corrected chi connectivity index (χ1v) is 3.90. The van der Waals surface area contributed by atoms with Crippen molar-refractivity contribution < 1.29 is 9.14 Å². The Balaban J connectivity index is 2.38. The molecule has 4 heteroatoms. The van der Waals surface area contributed by atoms with Gasteiger partial charge in [-0.05, 0) is 0 Å². The predicted molar refractivity (Wildman–Crippen MR) is 45.5 cm³/mol. The first-order chi connectivity index (χ1) is 5.79. The van der Waals surface area contributed by atoms with Crippen molar-refractivity contribution in [3.63, 3.8) is 0 Å². The van der Waals surface area contributed by atoms with E-state index in [-0.39, 0.29) is 6.17 Å². The molecule has 2 heterocycles. The Morgan fingerprint density at radius 2 is 2.33 bits per heavy atom. The van der Waals surface area contributed by atoms with Gasteiger partial charge in [0.1, 0.15) is 19.4 Å². The summed E-state index contributed by atoms with van der Waals surface area (Å²) in [7, 11) is 4.02. The number of aliphatic imine (C=N–C) groups is 1. The van der Waals surface area contributed by atoms with E-state index in [0.717, 1.165) is 5.82 Å². The summed E-state index contributed by atoms with van der Waals surface area (Å²) in [4.78, 5) is 7.48. The molecular formula is C8H12N4+2. The van der Waals surface area contributed by atoms with Crippen molar-refractivity contribution in [2.24, 2.45) is 12.0 Å². The Bertz CT molecular complexity index is 348. The van der Waals surface area contributed by atoms with Gasteiger partial charge >= 0.3 is 12.0 Å². The van der Waals surface area contributed by atoms with Crippen LogP contribution in [0.2, 0.25) is 0 Å². The van der Waals surface area contributed by atoms with Crippen molar-refractivity contribution in [3.05, 3.63) is 18.2 Å². The third-order valence-electron chi connectivity index (χ3n) is 2.07. The molecule has 0 saturated carbocycles. The van der Waals surface area contributed by atoms with Crippen molar-refractivity contribution in [2.45, 2.75) is 6.17 Å². The number of aromatic amines is 1. The van der Waals surface area contributed by atoms with Crippen molar-refractivity contribution >= 4 is 12.4 Å². The lowest BCUT2D eigenvalue weighted by molar-refractivity contribution is -0.699. The molecule has 1 aromatic rings. The van der Waals surface area contributed by atoms with E-state index in [9.17, 15) is 0 Å². The van der Waals surface area contributed by atoms with E-state index in [1.165, 1.54) is 0 Å². The normalized spacial score (nSPS) is 21.5. The topological polar surface area (TPSA) is 35.0 Å². The number of H-pyrrole nitrogens is 1. The molecule has 0 aliphatic carbocycles. The van der Waals surface area contributed by atoms with Gasteiger partial charge < -0.3 is 0 Å². The highest BCUT2D eigenvalue weighted by Crippen LogP contribution is 2.12. The van der Waals surface area contributed by atoms with Gasteiger partial charge in [0.05, 0.1) is 13.3 Å². The zero-order valence-electron chi connectivity index (χ0n) is 7.23. The fraction of sp³-hybridized carbons (Fsp3) is 0.375. The Labute approximate surface area is 70.9 Å². The minimum atomic E-state index is 0.116. The lowest BCUT2D eigenvalue weighted by Crippen LogP contribution is -2.33. The summed E-state index contributed by atoms with van der Waals surface area (Å²) < 4.78 is 4.10. The molecule has 0 amide bonds. The Kier molecular flexibility index (Phi) is 1.53. The van der Waals surface area contributed by atoms with Crippen LogP contribution in [0.5, 0.6) is 0 Å². The van der Waals surface area contributed by atoms with E-state index in [0.29, 0.717) is 0 Å². The second kappa shape index (κ2) is 2.55. The molecule has 1 atom stereocenters. The highest BCUT2D eigenvalue weighted by molar-refractivity contribution is 6.14. The number of rotatable bonds is 1. The van der Waals surface area contributed by atoms with E-state index < -0.39 is 0 Å². The second-order valence-electron chi connectivity index (χ2n) is 2.94. The number of imidazole rings is 1. The summed E-state index contributed by atoms with van der Waals surface area (Å²) in [5, 5.41) is 0. The van der Waals surface area contributed by atoms with Gasteiger partial charge in [-0.3, -0.25) is 0 Å². The van der Waals surface area contributed by atoms with Crippen LogP contribution in [0.1, 0.15) is 12.0 Å². The maximum absolute atomic E-state index is 4.31. The number of aromatic nitrogens is 2. The molecule has 0 radical (unpaired) electrons. The van der Waals surface area contributed by atoms with E-state index in [4.69, 9.17) is 0 Å². The van der Waals surface area contributed by atoms with Gasteiger partial charge in [0.15, 0.2) is 6.21 Å². The van der Waals surface area contributed by atoms with Crippen LogP contribution in [0.3, 0.4) is 0 Å². The summed E-state index contributed by atoms with van der Waals surface area (Å²) in [6.45, 7) is 0. The average molecular weight is 164 g/mol. The molecule has 1 unspecified atom stereocenters. The zero-order chi connectivity index (χ0) is 8.55. The maximum atomic E-state index is 4.31. The summed E-state index contributed by atoms with van der Waals surface area (Å²) in [5.74, 6) is 1.10. The van der Waals surface area contributed by atoms with E-state index in [2.05, 4.69) is 14.6 Å². The number of hydrogen-bond acceptors (Lipinski definition) is 1. The highest BCUT2D eigenvalue weighted by Gasteiger charge is 2.30. The summed E-state index contributed by atoms with van der Waals surface area (Å²) in [5.41, 5.74) is 0. The Hall–Kier alpha value is -1.45. The standard InChI is InChI=1S/C8H11N4/c1-11-5-3-9-7(11)8-10-4-6-12(8)2/h3-7H,1-2H3/q+1/p+1. The van der Waals surface area contributed by atoms with Crippen molar-refractivity contribution in [3.8, 4) is 0 Å². The van der Waals surface area contributed by atoms with E-state index in [1.54, 1.807) is 0 Å². The van der Waals surface area contributed by atoms with Gasteiger partial charge in [0.25, 0.3) is 0 Å². The summed E-state index contributed by atoms with van der Waals surface area (Å²) in [6, 6.07) is 0. The SMILES string of the molecule is C[N+]1=CC=NC1c1[nH]cc[n+]1C. The lowest BCUT2D eigenvalue weighted by atomic mass is 10.4. The highest BCUT2D eigenvalue weighted by atomic mass is 15.2. The molecule has 2 rings (SSSR count). The minimum Gasteiger partial charge on any atom is -0.240 e. The predicted octanol–water partition coefficient (Wildman–Crippen LogP) is -0.365. The number of nitrogens with zero attached hydrogens (tertiary/aromatic N) is 3. The fourth-order valence-corrected chi connectivity index (χ4v) is 1.35. The van der Waals surface area contributed by atoms with Gasteiger partial charge in [0.2, 0.25) is 0 Å². The number of aryl methyl sites for hydroxylation is 1. The third-order valence-corrected chi connectivity index (χ3v) is 2.07. The third kappa shape index (κ3) is 0.958. The van der Waals surface area contributed by atoms with Gasteiger partial charge in [0, 0.05) is 0 Å². The van der Waals surface area contributed by atoms with Crippen LogP contribution >= 0.6 is 0 Å². The molecule has 0 fully saturated rings. The van der Waals surface area contributed by atoms with E-state index in [1.807, 2.05) is 43.5 Å². The van der Waals surface area contributed by atoms with Crippen LogP contribution in [-0.2, 0) is 7.05 Å². The van der Waals surface area contributed by atoms with Crippen molar-refractivity contribution in [2.75, 3.05) is 7.05 Å². The molecule has 1 aliphatic rings. The second-order valence-corrected chi connectivity index (χ2v) is 2.94. The molecule has 0 saturated heterocycles. The molecule has 0 spiro atoms. The van der Waals surface area contributed by atoms with Crippen LogP contribution in [0.4, 0.5) is 0 Å². The summed E-state index contributed by atoms with van der Waals surface area (Å²) in [6.07, 6.45) is 7.80. The smallest absolute Gasteiger partial charge is 0.240 e. The molecule has 0 aromatic carbocycles. The Morgan fingerprint density at radius 1 is 1.50 bits per heavy atom. The summed E-state index contributed by atoms with van der Waals surface area (Å²) >= 11 is 0. The number of nitrogens with one attached hydrogen (secondary N) is 1. The van der Waals surface area contributed by atoms with Crippen LogP contribution in [0, 0.1) is 0 Å². The maximum Gasteiger partial charge on any atom is 0.349 e. The van der Waals surface area contributed by atoms with Crippen LogP contribution < -0.4 is 4.57 Å². The van der Waals surface area contributed by atoms with Crippen molar-refractivity contribution in [1.29, 1.82) is 0 Å². The monoisotopic (exact) mass is 164 g/mol. The van der Waals surface area contributed by atoms with Gasteiger partial charge in [-0.25, -0.2) is 19.1 Å². The van der Waals surface area contributed by atoms with Crippen molar-refractivity contribution in [1.82, 2.24) is 4.98 Å². The molecule has 1 aromatic heterocycles. The first kappa shape index (κ1) is 7.21. The molecule has 4 nitrogen and oxygen atoms in total.